The Morgan fingerprint density at radius 3 is 1.93 bits per heavy atom. The van der Waals surface area contributed by atoms with Gasteiger partial charge in [0.15, 0.2) is 0 Å². The number of amides is 3. The van der Waals surface area contributed by atoms with E-state index in [0.29, 0.717) is 13.0 Å². The fourth-order valence-corrected chi connectivity index (χ4v) is 2.49. The molecule has 28 heavy (non-hydrogen) atoms. The molecule has 0 aromatic carbocycles. The van der Waals surface area contributed by atoms with Gasteiger partial charge in [0.25, 0.3) is 0 Å². The Labute approximate surface area is 159 Å². The van der Waals surface area contributed by atoms with Gasteiger partial charge in [-0.25, -0.2) is 4.79 Å². The van der Waals surface area contributed by atoms with Gasteiger partial charge in [-0.3, -0.25) is 19.2 Å². The molecule has 0 unspecified atom stereocenters. The lowest BCUT2D eigenvalue weighted by atomic mass is 10.1. The van der Waals surface area contributed by atoms with Crippen molar-refractivity contribution in [3.05, 3.63) is 0 Å². The van der Waals surface area contributed by atoms with Gasteiger partial charge < -0.3 is 41.7 Å². The van der Waals surface area contributed by atoms with Gasteiger partial charge in [-0.15, -0.1) is 0 Å². The predicted molar refractivity (Wildman–Crippen MR) is 90.9 cm³/mol. The second kappa shape index (κ2) is 11.2. The molecule has 1 aliphatic rings. The molecule has 0 bridgehead atoms. The Morgan fingerprint density at radius 2 is 1.46 bits per heavy atom. The van der Waals surface area contributed by atoms with Crippen molar-refractivity contribution < 1.29 is 44.4 Å². The standard InChI is InChI=1S/C15H24N4O9/c20-5-9(14(26)19-10(6-21)15(27)28)18-13(25)8(4-11(22)23)17-12(24)7-2-1-3-16-7/h7-10,16,20-21H,1-6H2,(H,17,24)(H,18,25)(H,19,26)(H,22,23)(H,27,28)/t7-,8-,9-,10-/m0/s1. The van der Waals surface area contributed by atoms with E-state index in [2.05, 4.69) is 16.0 Å². The van der Waals surface area contributed by atoms with Crippen molar-refractivity contribution in [2.24, 2.45) is 0 Å². The quantitative estimate of drug-likeness (QED) is 0.166. The monoisotopic (exact) mass is 404 g/mol. The highest BCUT2D eigenvalue weighted by Crippen LogP contribution is 2.06. The van der Waals surface area contributed by atoms with E-state index in [4.69, 9.17) is 15.3 Å². The van der Waals surface area contributed by atoms with Crippen LogP contribution in [0.15, 0.2) is 0 Å². The van der Waals surface area contributed by atoms with Crippen LogP contribution in [0.1, 0.15) is 19.3 Å². The van der Waals surface area contributed by atoms with Gasteiger partial charge in [0, 0.05) is 0 Å². The maximum atomic E-state index is 12.3. The van der Waals surface area contributed by atoms with Gasteiger partial charge in [-0.05, 0) is 19.4 Å². The van der Waals surface area contributed by atoms with Crippen molar-refractivity contribution in [1.82, 2.24) is 21.3 Å². The molecule has 1 rings (SSSR count). The minimum atomic E-state index is -1.65. The second-order valence-electron chi connectivity index (χ2n) is 6.13. The van der Waals surface area contributed by atoms with Crippen molar-refractivity contribution in [1.29, 1.82) is 0 Å². The first-order chi connectivity index (χ1) is 13.2. The SMILES string of the molecule is O=C(O)C[C@H](NC(=O)[C@@H]1CCCN1)C(=O)N[C@@H](CO)C(=O)N[C@@H](CO)C(=O)O. The third-order valence-electron chi connectivity index (χ3n) is 4.00. The van der Waals surface area contributed by atoms with Gasteiger partial charge in [0.05, 0.1) is 25.7 Å². The average Bonchev–Trinajstić information content (AvgIpc) is 3.17. The molecule has 4 atom stereocenters. The summed E-state index contributed by atoms with van der Waals surface area (Å²) in [5, 5.41) is 45.1. The lowest BCUT2D eigenvalue weighted by Gasteiger charge is -2.23. The number of carbonyl (C=O) groups is 5. The number of carbonyl (C=O) groups excluding carboxylic acids is 3. The van der Waals surface area contributed by atoms with Gasteiger partial charge in [-0.1, -0.05) is 0 Å². The van der Waals surface area contributed by atoms with Crippen LogP contribution in [0.3, 0.4) is 0 Å². The van der Waals surface area contributed by atoms with E-state index in [9.17, 15) is 29.1 Å². The Balaban J connectivity index is 2.76. The second-order valence-corrected chi connectivity index (χ2v) is 6.13. The summed E-state index contributed by atoms with van der Waals surface area (Å²) in [6.07, 6.45) is 0.501. The van der Waals surface area contributed by atoms with Crippen LogP contribution >= 0.6 is 0 Å². The van der Waals surface area contributed by atoms with Crippen molar-refractivity contribution >= 4 is 29.7 Å². The number of aliphatic hydroxyl groups is 2. The van der Waals surface area contributed by atoms with Crippen molar-refractivity contribution in [2.75, 3.05) is 19.8 Å². The molecule has 3 amide bonds. The fourth-order valence-electron chi connectivity index (χ4n) is 2.49. The number of hydrogen-bond donors (Lipinski definition) is 8. The summed E-state index contributed by atoms with van der Waals surface area (Å²) < 4.78 is 0. The van der Waals surface area contributed by atoms with E-state index in [1.807, 2.05) is 5.32 Å². The summed E-state index contributed by atoms with van der Waals surface area (Å²) in [4.78, 5) is 58.3. The Morgan fingerprint density at radius 1 is 0.893 bits per heavy atom. The predicted octanol–water partition coefficient (Wildman–Crippen LogP) is -4.26. The number of nitrogens with one attached hydrogen (secondary N) is 4. The molecule has 0 radical (unpaired) electrons. The smallest absolute Gasteiger partial charge is 0.328 e. The number of aliphatic carboxylic acids is 2. The minimum Gasteiger partial charge on any atom is -0.481 e. The number of aliphatic hydroxyl groups excluding tert-OH is 2. The summed E-state index contributed by atoms with van der Waals surface area (Å²) in [5.74, 6) is -5.63. The maximum absolute atomic E-state index is 12.3. The molecule has 0 saturated carbocycles. The molecule has 1 saturated heterocycles. The largest absolute Gasteiger partial charge is 0.481 e. The van der Waals surface area contributed by atoms with Crippen LogP contribution in [0.4, 0.5) is 0 Å². The van der Waals surface area contributed by atoms with Crippen LogP contribution in [-0.4, -0.2) is 94.0 Å². The van der Waals surface area contributed by atoms with Crippen LogP contribution in [0.5, 0.6) is 0 Å². The number of carboxylic acid groups (broad SMARTS) is 2. The molecule has 1 aliphatic heterocycles. The van der Waals surface area contributed by atoms with E-state index in [-0.39, 0.29) is 0 Å². The Kier molecular flexibility index (Phi) is 9.27. The highest BCUT2D eigenvalue weighted by Gasteiger charge is 2.32. The molecule has 0 aliphatic carbocycles. The average molecular weight is 404 g/mol. The third-order valence-corrected chi connectivity index (χ3v) is 4.00. The van der Waals surface area contributed by atoms with E-state index in [1.54, 1.807) is 0 Å². The van der Waals surface area contributed by atoms with Crippen LogP contribution in [0, 0.1) is 0 Å². The molecule has 1 fully saturated rings. The fraction of sp³-hybridized carbons (Fsp3) is 0.667. The van der Waals surface area contributed by atoms with E-state index in [0.717, 1.165) is 6.42 Å². The lowest BCUT2D eigenvalue weighted by Crippen LogP contribution is -2.58. The molecule has 158 valence electrons. The number of hydrogen-bond acceptors (Lipinski definition) is 8. The Bertz CT molecular complexity index is 606. The first kappa shape index (κ1) is 23.3. The zero-order chi connectivity index (χ0) is 21.3. The highest BCUT2D eigenvalue weighted by atomic mass is 16.4. The van der Waals surface area contributed by atoms with Gasteiger partial charge >= 0.3 is 11.9 Å². The van der Waals surface area contributed by atoms with E-state index >= 15 is 0 Å². The molecule has 1 heterocycles. The van der Waals surface area contributed by atoms with Crippen molar-refractivity contribution in [3.8, 4) is 0 Å². The summed E-state index contributed by atoms with van der Waals surface area (Å²) in [5.41, 5.74) is 0. The van der Waals surface area contributed by atoms with Crippen molar-refractivity contribution in [2.45, 2.75) is 43.4 Å². The van der Waals surface area contributed by atoms with E-state index < -0.39 is 73.5 Å². The van der Waals surface area contributed by atoms with Gasteiger partial charge in [-0.2, -0.15) is 0 Å². The molecule has 0 spiro atoms. The number of rotatable bonds is 11. The molecule has 13 nitrogen and oxygen atoms in total. The molecular weight excluding hydrogens is 380 g/mol. The highest BCUT2D eigenvalue weighted by molar-refractivity contribution is 5.95. The molecule has 0 aromatic heterocycles. The van der Waals surface area contributed by atoms with Crippen LogP contribution < -0.4 is 21.3 Å². The normalized spacial score (nSPS) is 19.1. The zero-order valence-electron chi connectivity index (χ0n) is 14.9. The summed E-state index contributed by atoms with van der Waals surface area (Å²) in [7, 11) is 0. The zero-order valence-corrected chi connectivity index (χ0v) is 14.9. The van der Waals surface area contributed by atoms with Gasteiger partial charge in [0.2, 0.25) is 17.7 Å². The number of carboxylic acids is 2. The molecule has 0 aromatic rings. The first-order valence-electron chi connectivity index (χ1n) is 8.50. The first-order valence-corrected chi connectivity index (χ1v) is 8.50. The van der Waals surface area contributed by atoms with E-state index in [1.165, 1.54) is 0 Å². The summed E-state index contributed by atoms with van der Waals surface area (Å²) in [6.45, 7) is -1.23. The molecular formula is C15H24N4O9. The van der Waals surface area contributed by atoms with Crippen molar-refractivity contribution in [3.63, 3.8) is 0 Å². The maximum Gasteiger partial charge on any atom is 0.328 e. The Hall–Kier alpha value is -2.77. The summed E-state index contributed by atoms with van der Waals surface area (Å²) >= 11 is 0. The van der Waals surface area contributed by atoms with Crippen LogP contribution in [0.2, 0.25) is 0 Å². The minimum absolute atomic E-state index is 0.520. The molecule has 13 heteroatoms. The van der Waals surface area contributed by atoms with Crippen LogP contribution in [-0.2, 0) is 24.0 Å². The third kappa shape index (κ3) is 7.09. The topological polar surface area (TPSA) is 214 Å². The lowest BCUT2D eigenvalue weighted by molar-refractivity contribution is -0.144. The molecule has 8 N–H and O–H groups in total. The summed E-state index contributed by atoms with van der Waals surface area (Å²) in [6, 6.07) is -5.34. The van der Waals surface area contributed by atoms with Crippen LogP contribution in [0.25, 0.3) is 0 Å². The van der Waals surface area contributed by atoms with Gasteiger partial charge in [0.1, 0.15) is 18.1 Å².